The van der Waals surface area contributed by atoms with Crippen LogP contribution in [0.2, 0.25) is 0 Å². The summed E-state index contributed by atoms with van der Waals surface area (Å²) in [6, 6.07) is -0.886. The summed E-state index contributed by atoms with van der Waals surface area (Å²) in [5, 5.41) is 2.03. The first-order chi connectivity index (χ1) is 8.50. The molecule has 1 aliphatic rings. The predicted molar refractivity (Wildman–Crippen MR) is 66.5 cm³/mol. The van der Waals surface area contributed by atoms with Crippen molar-refractivity contribution >= 4 is 27.9 Å². The molecule has 0 spiro atoms. The van der Waals surface area contributed by atoms with Gasteiger partial charge in [0.15, 0.2) is 0 Å². The number of sulfonamides is 1. The maximum Gasteiger partial charge on any atom is 0.330 e. The number of rotatable bonds is 4. The van der Waals surface area contributed by atoms with Crippen molar-refractivity contribution in [3.05, 3.63) is 0 Å². The zero-order chi connectivity index (χ0) is 15.0. The van der Waals surface area contributed by atoms with E-state index in [0.717, 1.165) is 9.21 Å². The number of urea groups is 1. The fourth-order valence-electron chi connectivity index (χ4n) is 1.44. The topological polar surface area (TPSA) is 104 Å². The van der Waals surface area contributed by atoms with E-state index < -0.39 is 33.3 Å². The second-order valence-electron chi connectivity index (χ2n) is 4.94. The molecule has 1 heterocycles. The molecule has 1 saturated heterocycles. The van der Waals surface area contributed by atoms with Gasteiger partial charge in [0.05, 0.1) is 5.75 Å². The van der Waals surface area contributed by atoms with Gasteiger partial charge in [0.1, 0.15) is 5.41 Å². The van der Waals surface area contributed by atoms with Crippen LogP contribution in [0, 0.1) is 5.41 Å². The third kappa shape index (κ3) is 2.92. The first-order valence-electron chi connectivity index (χ1n) is 5.57. The van der Waals surface area contributed by atoms with Crippen molar-refractivity contribution in [2.45, 2.75) is 13.8 Å². The molecule has 108 valence electrons. The molecule has 0 aromatic heterocycles. The number of hydrogen-bond acceptors (Lipinski definition) is 5. The van der Waals surface area contributed by atoms with E-state index in [1.807, 2.05) is 5.32 Å². The van der Waals surface area contributed by atoms with Crippen LogP contribution in [0.5, 0.6) is 0 Å². The van der Waals surface area contributed by atoms with Gasteiger partial charge in [-0.3, -0.25) is 19.8 Å². The van der Waals surface area contributed by atoms with E-state index in [1.165, 1.54) is 27.9 Å². The van der Waals surface area contributed by atoms with Gasteiger partial charge >= 0.3 is 6.03 Å². The monoisotopic (exact) mass is 291 g/mol. The SMILES string of the molecule is CN(C)S(=O)(=O)CCN1C(=O)NC(=O)C(C)(C)C1=O. The molecule has 0 aromatic carbocycles. The molecule has 1 N–H and O–H groups in total. The molecule has 0 saturated carbocycles. The maximum atomic E-state index is 12.0. The normalized spacial score (nSPS) is 19.8. The number of imide groups is 2. The highest BCUT2D eigenvalue weighted by molar-refractivity contribution is 7.89. The molecule has 0 aromatic rings. The van der Waals surface area contributed by atoms with E-state index >= 15 is 0 Å². The van der Waals surface area contributed by atoms with E-state index in [9.17, 15) is 22.8 Å². The van der Waals surface area contributed by atoms with Crippen LogP contribution in [-0.2, 0) is 19.6 Å². The lowest BCUT2D eigenvalue weighted by atomic mass is 9.89. The number of nitrogens with zero attached hydrogens (tertiary/aromatic N) is 2. The van der Waals surface area contributed by atoms with Gasteiger partial charge in [-0.15, -0.1) is 0 Å². The molecule has 0 radical (unpaired) electrons. The molecule has 8 nitrogen and oxygen atoms in total. The van der Waals surface area contributed by atoms with E-state index in [2.05, 4.69) is 0 Å². The lowest BCUT2D eigenvalue weighted by Gasteiger charge is -2.34. The van der Waals surface area contributed by atoms with Crippen LogP contribution in [0.15, 0.2) is 0 Å². The van der Waals surface area contributed by atoms with Gasteiger partial charge in [0.25, 0.3) is 0 Å². The van der Waals surface area contributed by atoms with Crippen LogP contribution < -0.4 is 5.32 Å². The highest BCUT2D eigenvalue weighted by Crippen LogP contribution is 2.23. The van der Waals surface area contributed by atoms with Gasteiger partial charge in [0, 0.05) is 20.6 Å². The summed E-state index contributed by atoms with van der Waals surface area (Å²) < 4.78 is 24.2. The second-order valence-corrected chi connectivity index (χ2v) is 7.24. The van der Waals surface area contributed by atoms with Crippen molar-refractivity contribution in [2.75, 3.05) is 26.4 Å². The van der Waals surface area contributed by atoms with E-state index in [4.69, 9.17) is 0 Å². The molecule has 1 fully saturated rings. The lowest BCUT2D eigenvalue weighted by Crippen LogP contribution is -2.62. The molecule has 9 heteroatoms. The third-order valence-electron chi connectivity index (χ3n) is 2.94. The Morgan fingerprint density at radius 2 is 1.74 bits per heavy atom. The molecule has 0 unspecified atom stereocenters. The standard InChI is InChI=1S/C10H17N3O5S/c1-10(2)7(14)11-9(16)13(8(10)15)5-6-19(17,18)12(3)4/h5-6H2,1-4H3,(H,11,14,16). The number of carbonyl (C=O) groups is 3. The van der Waals surface area contributed by atoms with Crippen LogP contribution in [0.3, 0.4) is 0 Å². The third-order valence-corrected chi connectivity index (χ3v) is 4.75. The number of amides is 4. The molecule has 0 aliphatic carbocycles. The van der Waals surface area contributed by atoms with Crippen LogP contribution >= 0.6 is 0 Å². The quantitative estimate of drug-likeness (QED) is 0.668. The molecule has 0 atom stereocenters. The maximum absolute atomic E-state index is 12.0. The van der Waals surface area contributed by atoms with Crippen molar-refractivity contribution in [3.63, 3.8) is 0 Å². The fraction of sp³-hybridized carbons (Fsp3) is 0.700. The van der Waals surface area contributed by atoms with Crippen molar-refractivity contribution in [1.82, 2.24) is 14.5 Å². The number of nitrogens with one attached hydrogen (secondary N) is 1. The van der Waals surface area contributed by atoms with Gasteiger partial charge in [-0.05, 0) is 13.8 Å². The van der Waals surface area contributed by atoms with Crippen molar-refractivity contribution in [2.24, 2.45) is 5.41 Å². The van der Waals surface area contributed by atoms with Crippen molar-refractivity contribution in [3.8, 4) is 0 Å². The number of carbonyl (C=O) groups excluding carboxylic acids is 3. The van der Waals surface area contributed by atoms with E-state index in [1.54, 1.807) is 0 Å². The average Bonchev–Trinajstić information content (AvgIpc) is 2.26. The summed E-state index contributed by atoms with van der Waals surface area (Å²) in [7, 11) is -0.797. The minimum absolute atomic E-state index is 0.290. The Hall–Kier alpha value is -1.48. The molecular weight excluding hydrogens is 274 g/mol. The Morgan fingerprint density at radius 3 is 2.21 bits per heavy atom. The molecule has 19 heavy (non-hydrogen) atoms. The van der Waals surface area contributed by atoms with Crippen LogP contribution in [0.4, 0.5) is 4.79 Å². The smallest absolute Gasteiger partial charge is 0.277 e. The van der Waals surface area contributed by atoms with Crippen LogP contribution in [0.1, 0.15) is 13.8 Å². The zero-order valence-corrected chi connectivity index (χ0v) is 12.1. The predicted octanol–water partition coefficient (Wildman–Crippen LogP) is -1.02. The first kappa shape index (κ1) is 15.6. The summed E-state index contributed by atoms with van der Waals surface area (Å²) in [4.78, 5) is 35.8. The fourth-order valence-corrected chi connectivity index (χ4v) is 2.22. The summed E-state index contributed by atoms with van der Waals surface area (Å²) >= 11 is 0. The van der Waals surface area contributed by atoms with Gasteiger partial charge in [0.2, 0.25) is 21.8 Å². The average molecular weight is 291 g/mol. The van der Waals surface area contributed by atoms with Gasteiger partial charge in [-0.1, -0.05) is 0 Å². The minimum atomic E-state index is -3.52. The van der Waals surface area contributed by atoms with Crippen LogP contribution in [0.25, 0.3) is 0 Å². The highest BCUT2D eigenvalue weighted by Gasteiger charge is 2.47. The summed E-state index contributed by atoms with van der Waals surface area (Å²) in [6.07, 6.45) is 0. The minimum Gasteiger partial charge on any atom is -0.277 e. The number of hydrogen-bond donors (Lipinski definition) is 1. The largest absolute Gasteiger partial charge is 0.330 e. The molecule has 1 aliphatic heterocycles. The van der Waals surface area contributed by atoms with Crippen molar-refractivity contribution in [1.29, 1.82) is 0 Å². The Morgan fingerprint density at radius 1 is 1.21 bits per heavy atom. The zero-order valence-electron chi connectivity index (χ0n) is 11.3. The van der Waals surface area contributed by atoms with E-state index in [-0.39, 0.29) is 12.3 Å². The molecule has 1 rings (SSSR count). The summed E-state index contributed by atoms with van der Waals surface area (Å²) in [5.74, 6) is -1.77. The molecular formula is C10H17N3O5S. The first-order valence-corrected chi connectivity index (χ1v) is 7.18. The lowest BCUT2D eigenvalue weighted by molar-refractivity contribution is -0.148. The highest BCUT2D eigenvalue weighted by atomic mass is 32.2. The van der Waals surface area contributed by atoms with E-state index in [0.29, 0.717) is 0 Å². The Labute approximate surface area is 111 Å². The molecule has 0 bridgehead atoms. The summed E-state index contributed by atoms with van der Waals surface area (Å²) in [6.45, 7) is 2.47. The van der Waals surface area contributed by atoms with Gasteiger partial charge in [-0.2, -0.15) is 0 Å². The van der Waals surface area contributed by atoms with Gasteiger partial charge in [-0.25, -0.2) is 17.5 Å². The van der Waals surface area contributed by atoms with Gasteiger partial charge < -0.3 is 0 Å². The van der Waals surface area contributed by atoms with Crippen molar-refractivity contribution < 1.29 is 22.8 Å². The number of barbiturate groups is 1. The Kier molecular flexibility index (Phi) is 4.01. The van der Waals surface area contributed by atoms with Crippen LogP contribution in [-0.4, -0.2) is 61.9 Å². The second kappa shape index (κ2) is 4.89. The Balaban J connectivity index is 2.87. The molecule has 4 amide bonds. The Bertz CT molecular complexity index is 523. The summed E-state index contributed by atoms with van der Waals surface area (Å²) in [5.41, 5.74) is -1.38.